The van der Waals surface area contributed by atoms with E-state index >= 15 is 0 Å². The van der Waals surface area contributed by atoms with E-state index in [2.05, 4.69) is 15.9 Å². The van der Waals surface area contributed by atoms with Crippen molar-refractivity contribution in [2.75, 3.05) is 0 Å². The summed E-state index contributed by atoms with van der Waals surface area (Å²) < 4.78 is 3.29. The van der Waals surface area contributed by atoms with Crippen molar-refractivity contribution in [1.29, 1.82) is 0 Å². The first-order valence-electron chi connectivity index (χ1n) is 3.73. The van der Waals surface area contributed by atoms with Crippen LogP contribution in [0.1, 0.15) is 19.8 Å². The number of esters is 1. The fourth-order valence-electron chi connectivity index (χ4n) is 0.886. The Balaban J connectivity index is 2.71. The topological polar surface area (TPSA) is 72.5 Å². The molecule has 13 heavy (non-hydrogen) atoms. The van der Waals surface area contributed by atoms with E-state index in [0.717, 1.165) is 0 Å². The minimum Gasteiger partial charge on any atom is -0.437 e. The monoisotopic (exact) mass is 249 g/mol. The van der Waals surface area contributed by atoms with Crippen LogP contribution in [-0.4, -0.2) is 22.3 Å². The van der Waals surface area contributed by atoms with Crippen molar-refractivity contribution in [3.63, 3.8) is 0 Å². The van der Waals surface area contributed by atoms with E-state index in [-0.39, 0.29) is 12.8 Å². The zero-order chi connectivity index (χ0) is 10.1. The highest BCUT2D eigenvalue weighted by Crippen LogP contribution is 2.29. The Morgan fingerprint density at radius 2 is 2.31 bits per heavy atom. The Labute approximate surface area is 82.9 Å². The van der Waals surface area contributed by atoms with Crippen LogP contribution in [-0.2, 0) is 19.1 Å². The third-order valence-electron chi connectivity index (χ3n) is 1.54. The molecule has 2 amide bonds. The molecule has 0 saturated carbocycles. The molecule has 0 radical (unpaired) electrons. The molecule has 1 rings (SSSR count). The van der Waals surface area contributed by atoms with Crippen molar-refractivity contribution in [3.8, 4) is 0 Å². The number of alkyl halides is 1. The average Bonchev–Trinajstić information content (AvgIpc) is 2.25. The van der Waals surface area contributed by atoms with Crippen molar-refractivity contribution in [2.45, 2.75) is 24.3 Å². The average molecular weight is 250 g/mol. The van der Waals surface area contributed by atoms with Gasteiger partial charge < -0.3 is 4.74 Å². The van der Waals surface area contributed by atoms with Gasteiger partial charge in [-0.15, -0.1) is 0 Å². The van der Waals surface area contributed by atoms with E-state index in [9.17, 15) is 14.4 Å². The fourth-order valence-corrected chi connectivity index (χ4v) is 1.42. The van der Waals surface area contributed by atoms with E-state index < -0.39 is 22.3 Å². The molecule has 1 unspecified atom stereocenters. The van der Waals surface area contributed by atoms with E-state index in [4.69, 9.17) is 4.74 Å². The summed E-state index contributed by atoms with van der Waals surface area (Å²) in [5, 5.41) is 2.03. The van der Waals surface area contributed by atoms with Gasteiger partial charge in [0.2, 0.25) is 5.91 Å². The van der Waals surface area contributed by atoms with Crippen molar-refractivity contribution in [3.05, 3.63) is 0 Å². The molecule has 1 aliphatic rings. The minimum absolute atomic E-state index is 0.162. The number of ether oxygens (including phenoxy) is 1. The van der Waals surface area contributed by atoms with E-state index in [0.29, 0.717) is 0 Å². The van der Waals surface area contributed by atoms with Crippen LogP contribution in [0.5, 0.6) is 0 Å². The third kappa shape index (κ3) is 2.06. The Hall–Kier alpha value is -0.910. The van der Waals surface area contributed by atoms with Crippen LogP contribution in [0.25, 0.3) is 0 Å². The molecule has 0 aromatic carbocycles. The van der Waals surface area contributed by atoms with Gasteiger partial charge in [0.1, 0.15) is 0 Å². The highest BCUT2D eigenvalue weighted by Gasteiger charge is 2.48. The molecule has 0 aromatic rings. The molecule has 0 aromatic heterocycles. The number of carbonyl (C=O) groups excluding carboxylic acids is 3. The lowest BCUT2D eigenvalue weighted by atomic mass is 10.3. The Kier molecular flexibility index (Phi) is 2.70. The van der Waals surface area contributed by atoms with E-state index in [1.165, 1.54) is 0 Å². The number of hydrogen-bond acceptors (Lipinski definition) is 4. The smallest absolute Gasteiger partial charge is 0.307 e. The second-order valence-corrected chi connectivity index (χ2v) is 3.89. The van der Waals surface area contributed by atoms with Gasteiger partial charge in [0.25, 0.3) is 10.4 Å². The highest BCUT2D eigenvalue weighted by atomic mass is 79.9. The van der Waals surface area contributed by atoms with Crippen molar-refractivity contribution in [2.24, 2.45) is 0 Å². The van der Waals surface area contributed by atoms with Gasteiger partial charge >= 0.3 is 5.97 Å². The molecular formula is C7H8BrNO4. The maximum Gasteiger partial charge on any atom is 0.307 e. The van der Waals surface area contributed by atoms with Crippen LogP contribution in [0.4, 0.5) is 0 Å². The van der Waals surface area contributed by atoms with Gasteiger partial charge in [0.15, 0.2) is 0 Å². The Morgan fingerprint density at radius 3 is 2.69 bits per heavy atom. The number of imide groups is 1. The fraction of sp³-hybridized carbons (Fsp3) is 0.571. The van der Waals surface area contributed by atoms with Gasteiger partial charge in [-0.3, -0.25) is 19.7 Å². The zero-order valence-corrected chi connectivity index (χ0v) is 8.51. The molecule has 0 aliphatic carbocycles. The standard InChI is InChI=1S/C7H8BrNO4/c1-2-5(11)13-7(8)3-4(10)9-6(7)12/h2-3H2,1H3,(H,9,10,12). The van der Waals surface area contributed by atoms with E-state index in [1.807, 2.05) is 5.32 Å². The van der Waals surface area contributed by atoms with Gasteiger partial charge in [0, 0.05) is 6.42 Å². The molecule has 1 fully saturated rings. The lowest BCUT2D eigenvalue weighted by Gasteiger charge is -2.17. The van der Waals surface area contributed by atoms with E-state index in [1.54, 1.807) is 6.92 Å². The molecule has 0 bridgehead atoms. The number of carbonyl (C=O) groups is 3. The number of nitrogens with one attached hydrogen (secondary N) is 1. The first-order valence-corrected chi connectivity index (χ1v) is 4.52. The summed E-state index contributed by atoms with van der Waals surface area (Å²) >= 11 is 2.92. The summed E-state index contributed by atoms with van der Waals surface area (Å²) in [5.74, 6) is -1.60. The predicted molar refractivity (Wildman–Crippen MR) is 45.8 cm³/mol. The quantitative estimate of drug-likeness (QED) is 0.428. The van der Waals surface area contributed by atoms with Gasteiger partial charge in [-0.25, -0.2) is 0 Å². The molecule has 6 heteroatoms. The Bertz CT molecular complexity index is 278. The second kappa shape index (κ2) is 3.45. The predicted octanol–water partition coefficient (Wildman–Crippen LogP) is 0.0773. The maximum atomic E-state index is 11.1. The number of rotatable bonds is 2. The number of hydrogen-bond donors (Lipinski definition) is 1. The summed E-state index contributed by atoms with van der Waals surface area (Å²) in [6.45, 7) is 1.60. The van der Waals surface area contributed by atoms with Crippen LogP contribution in [0.3, 0.4) is 0 Å². The first-order chi connectivity index (χ1) is 5.98. The largest absolute Gasteiger partial charge is 0.437 e. The van der Waals surface area contributed by atoms with Crippen LogP contribution >= 0.6 is 15.9 Å². The van der Waals surface area contributed by atoms with Crippen LogP contribution in [0.2, 0.25) is 0 Å². The van der Waals surface area contributed by atoms with Crippen molar-refractivity contribution < 1.29 is 19.1 Å². The molecule has 1 aliphatic heterocycles. The first kappa shape index (κ1) is 10.2. The van der Waals surface area contributed by atoms with Crippen molar-refractivity contribution in [1.82, 2.24) is 5.32 Å². The normalized spacial score (nSPS) is 27.2. The van der Waals surface area contributed by atoms with Crippen LogP contribution in [0.15, 0.2) is 0 Å². The Morgan fingerprint density at radius 1 is 1.69 bits per heavy atom. The summed E-state index contributed by atoms with van der Waals surface area (Å²) in [6, 6.07) is 0. The summed E-state index contributed by atoms with van der Waals surface area (Å²) in [7, 11) is 0. The highest BCUT2D eigenvalue weighted by molar-refractivity contribution is 9.10. The molecule has 5 nitrogen and oxygen atoms in total. The molecule has 72 valence electrons. The zero-order valence-electron chi connectivity index (χ0n) is 6.93. The van der Waals surface area contributed by atoms with Gasteiger partial charge in [0.05, 0.1) is 6.42 Å². The molecule has 0 spiro atoms. The number of halogens is 1. The van der Waals surface area contributed by atoms with Gasteiger partial charge in [-0.1, -0.05) is 6.92 Å². The van der Waals surface area contributed by atoms with Crippen LogP contribution in [0, 0.1) is 0 Å². The summed E-state index contributed by atoms with van der Waals surface area (Å²) in [6.07, 6.45) is -0.00755. The van der Waals surface area contributed by atoms with Gasteiger partial charge in [-0.05, 0) is 15.9 Å². The summed E-state index contributed by atoms with van der Waals surface area (Å²) in [4.78, 5) is 32.8. The molecule has 1 heterocycles. The molecule has 1 N–H and O–H groups in total. The third-order valence-corrected chi connectivity index (χ3v) is 2.35. The second-order valence-electron chi connectivity index (χ2n) is 2.61. The SMILES string of the molecule is CCC(=O)OC1(Br)CC(=O)NC1=O. The lowest BCUT2D eigenvalue weighted by Crippen LogP contribution is -2.36. The summed E-state index contributed by atoms with van der Waals surface area (Å²) in [5.41, 5.74) is 0. The van der Waals surface area contributed by atoms with Crippen LogP contribution < -0.4 is 5.32 Å². The molecule has 1 atom stereocenters. The lowest BCUT2D eigenvalue weighted by molar-refractivity contribution is -0.156. The maximum absolute atomic E-state index is 11.1. The number of amides is 2. The molecule has 1 saturated heterocycles. The van der Waals surface area contributed by atoms with Crippen molar-refractivity contribution >= 4 is 33.7 Å². The minimum atomic E-state index is -1.49. The van der Waals surface area contributed by atoms with Gasteiger partial charge in [-0.2, -0.15) is 0 Å². The molecular weight excluding hydrogens is 242 g/mol.